The van der Waals surface area contributed by atoms with Gasteiger partial charge in [0.05, 0.1) is 25.9 Å². The second kappa shape index (κ2) is 15.0. The minimum atomic E-state index is -1.98. The molecule has 20 nitrogen and oxygen atoms in total. The van der Waals surface area contributed by atoms with Crippen LogP contribution in [0.2, 0.25) is 0 Å². The zero-order chi connectivity index (χ0) is 32.6. The maximum absolute atomic E-state index is 10.9. The van der Waals surface area contributed by atoms with E-state index in [1.54, 1.807) is 0 Å². The average molecular weight is 651 g/mol. The number of hydrogen-bond acceptors (Lipinski definition) is 20. The predicted octanol–water partition coefficient (Wildman–Crippen LogP) is -8.72. The third kappa shape index (κ3) is 7.05. The van der Waals surface area contributed by atoms with E-state index in [0.29, 0.717) is 0 Å². The van der Waals surface area contributed by atoms with Gasteiger partial charge in [0.2, 0.25) is 0 Å². The van der Waals surface area contributed by atoms with Gasteiger partial charge in [0, 0.05) is 0 Å². The molecule has 258 valence electrons. The summed E-state index contributed by atoms with van der Waals surface area (Å²) in [5.74, 6) is 0. The molecule has 0 spiro atoms. The van der Waals surface area contributed by atoms with E-state index in [0.717, 1.165) is 0 Å². The number of rotatable bonds is 9. The van der Waals surface area contributed by atoms with E-state index in [9.17, 15) is 66.4 Å². The fraction of sp³-hybridized carbons (Fsp3) is 1.00. The third-order valence-corrected chi connectivity index (χ3v) is 8.16. The van der Waals surface area contributed by atoms with Gasteiger partial charge < -0.3 is 99.5 Å². The molecule has 4 aliphatic rings. The molecular weight excluding hydrogens is 608 g/mol. The van der Waals surface area contributed by atoms with Crippen molar-refractivity contribution in [3.05, 3.63) is 0 Å². The van der Waals surface area contributed by atoms with Crippen LogP contribution in [0.3, 0.4) is 0 Å². The summed E-state index contributed by atoms with van der Waals surface area (Å²) >= 11 is 0. The van der Waals surface area contributed by atoms with Gasteiger partial charge in [-0.1, -0.05) is 0 Å². The Hall–Kier alpha value is -0.800. The molecule has 4 saturated heterocycles. The highest BCUT2D eigenvalue weighted by Gasteiger charge is 2.54. The fourth-order valence-electron chi connectivity index (χ4n) is 5.49. The molecule has 20 heteroatoms. The molecule has 0 saturated carbocycles. The lowest BCUT2D eigenvalue weighted by atomic mass is 9.95. The Morgan fingerprint density at radius 2 is 0.750 bits per heavy atom. The van der Waals surface area contributed by atoms with Crippen LogP contribution in [0.4, 0.5) is 0 Å². The van der Waals surface area contributed by atoms with Gasteiger partial charge in [-0.05, 0) is 6.92 Å². The highest BCUT2D eigenvalue weighted by molar-refractivity contribution is 4.97. The van der Waals surface area contributed by atoms with Crippen LogP contribution in [0, 0.1) is 0 Å². The van der Waals surface area contributed by atoms with Crippen molar-refractivity contribution >= 4 is 0 Å². The van der Waals surface area contributed by atoms with Gasteiger partial charge in [0.1, 0.15) is 91.6 Å². The molecule has 0 radical (unpaired) electrons. The molecule has 4 rings (SSSR count). The first-order valence-corrected chi connectivity index (χ1v) is 14.0. The first-order chi connectivity index (χ1) is 20.7. The van der Waals surface area contributed by atoms with Crippen molar-refractivity contribution in [2.24, 2.45) is 0 Å². The third-order valence-electron chi connectivity index (χ3n) is 8.16. The number of aliphatic hydroxyl groups is 13. The van der Waals surface area contributed by atoms with Crippen molar-refractivity contribution < 1.29 is 99.5 Å². The second-order valence-corrected chi connectivity index (χ2v) is 11.1. The highest BCUT2D eigenvalue weighted by Crippen LogP contribution is 2.34. The van der Waals surface area contributed by atoms with Crippen molar-refractivity contribution in [3.63, 3.8) is 0 Å². The molecule has 0 amide bonds. The molecule has 0 bridgehead atoms. The van der Waals surface area contributed by atoms with Gasteiger partial charge in [-0.3, -0.25) is 0 Å². The highest BCUT2D eigenvalue weighted by atomic mass is 16.8. The molecule has 0 aliphatic carbocycles. The molecule has 44 heavy (non-hydrogen) atoms. The molecule has 4 fully saturated rings. The van der Waals surface area contributed by atoms with E-state index in [-0.39, 0.29) is 0 Å². The van der Waals surface area contributed by atoms with E-state index in [4.69, 9.17) is 33.2 Å². The first kappa shape index (κ1) is 36.0. The van der Waals surface area contributed by atoms with Gasteiger partial charge in [-0.15, -0.1) is 0 Å². The maximum Gasteiger partial charge on any atom is 0.187 e. The summed E-state index contributed by atoms with van der Waals surface area (Å²) in [6, 6.07) is 0. The summed E-state index contributed by atoms with van der Waals surface area (Å²) in [4.78, 5) is 0. The molecule has 20 atom stereocenters. The van der Waals surface area contributed by atoms with Crippen molar-refractivity contribution in [1.29, 1.82) is 0 Å². The number of hydrogen-bond donors (Lipinski definition) is 13. The normalized spacial score (nSPS) is 53.9. The molecule has 0 unspecified atom stereocenters. The monoisotopic (exact) mass is 650 g/mol. The van der Waals surface area contributed by atoms with Gasteiger partial charge in [-0.2, -0.15) is 0 Å². The summed E-state index contributed by atoms with van der Waals surface area (Å²) < 4.78 is 37.9. The lowest BCUT2D eigenvalue weighted by molar-refractivity contribution is -0.387. The summed E-state index contributed by atoms with van der Waals surface area (Å²) in [6.07, 6.45) is -33.8. The zero-order valence-electron chi connectivity index (χ0n) is 23.3. The molecule has 0 aromatic rings. The van der Waals surface area contributed by atoms with Crippen LogP contribution in [0.1, 0.15) is 6.92 Å². The minimum Gasteiger partial charge on any atom is -0.394 e. The van der Waals surface area contributed by atoms with E-state index in [1.807, 2.05) is 0 Å². The number of aliphatic hydroxyl groups excluding tert-OH is 13. The van der Waals surface area contributed by atoms with Gasteiger partial charge >= 0.3 is 0 Å². The van der Waals surface area contributed by atoms with Gasteiger partial charge in [0.25, 0.3) is 0 Å². The SMILES string of the molecule is C[C@@H]1O[C@@H](O[C@@H]2[C@H](O)[C@@H](O)[C@H](O[C@@H]3[C@H](O)[C@@H](O)[C@H](O[C@@H]4[C@H](O)[C@@H](O)[C@@H](O)O[C@@H]4CO)O[C@@H]3CO)O[C@@H]2CO)[C@H](O)[C@H](O)[C@H]1O. The van der Waals surface area contributed by atoms with Crippen LogP contribution in [0.5, 0.6) is 0 Å². The van der Waals surface area contributed by atoms with Crippen LogP contribution >= 0.6 is 0 Å². The smallest absolute Gasteiger partial charge is 0.187 e. The topological polar surface area (TPSA) is 328 Å². The van der Waals surface area contributed by atoms with Crippen LogP contribution in [0.15, 0.2) is 0 Å². The first-order valence-electron chi connectivity index (χ1n) is 14.0. The maximum atomic E-state index is 10.9. The Labute approximate surface area is 249 Å². The largest absolute Gasteiger partial charge is 0.394 e. The second-order valence-electron chi connectivity index (χ2n) is 11.1. The molecule has 4 heterocycles. The van der Waals surface area contributed by atoms with Crippen LogP contribution in [0.25, 0.3) is 0 Å². The predicted molar refractivity (Wildman–Crippen MR) is 132 cm³/mol. The Kier molecular flexibility index (Phi) is 12.3. The lowest BCUT2D eigenvalue weighted by Crippen LogP contribution is -2.67. The molecular formula is C24H42O20. The summed E-state index contributed by atoms with van der Waals surface area (Å²) in [5, 5.41) is 133. The van der Waals surface area contributed by atoms with Crippen LogP contribution in [-0.2, 0) is 33.2 Å². The lowest BCUT2D eigenvalue weighted by Gasteiger charge is -2.48. The van der Waals surface area contributed by atoms with E-state index in [2.05, 4.69) is 0 Å². The van der Waals surface area contributed by atoms with Crippen molar-refractivity contribution in [1.82, 2.24) is 0 Å². The van der Waals surface area contributed by atoms with Crippen molar-refractivity contribution in [3.8, 4) is 0 Å². The Morgan fingerprint density at radius 3 is 1.16 bits per heavy atom. The van der Waals surface area contributed by atoms with E-state index >= 15 is 0 Å². The Morgan fingerprint density at radius 1 is 0.409 bits per heavy atom. The summed E-state index contributed by atoms with van der Waals surface area (Å²) in [6.45, 7) is -1.14. The summed E-state index contributed by atoms with van der Waals surface area (Å²) in [5.41, 5.74) is 0. The van der Waals surface area contributed by atoms with Crippen LogP contribution < -0.4 is 0 Å². The average Bonchev–Trinajstić information content (AvgIpc) is 3.01. The Bertz CT molecular complexity index is 896. The molecule has 0 aromatic heterocycles. The van der Waals surface area contributed by atoms with E-state index in [1.165, 1.54) is 6.92 Å². The molecule has 13 N–H and O–H groups in total. The van der Waals surface area contributed by atoms with Crippen molar-refractivity contribution in [2.75, 3.05) is 19.8 Å². The van der Waals surface area contributed by atoms with Crippen LogP contribution in [-0.4, -0.2) is 209 Å². The Balaban J connectivity index is 1.43. The molecule has 4 aliphatic heterocycles. The summed E-state index contributed by atoms with van der Waals surface area (Å²) in [7, 11) is 0. The van der Waals surface area contributed by atoms with E-state index < -0.39 is 143 Å². The fourth-order valence-corrected chi connectivity index (χ4v) is 5.49. The quantitative estimate of drug-likeness (QED) is 0.110. The molecule has 0 aromatic carbocycles. The standard InChI is InChI=1S/C24H42O20/c1-5-9(28)10(29)15(34)22(38-5)42-19-7(3-26)40-24(16(35)12(19)31)44-20-8(4-27)41-23(17(36)13(20)32)43-18-6(2-25)39-21(37)14(33)11(18)30/h5-37H,2-4H2,1H3/t5-,6+,7+,8+,9-,10+,11+,12+,13+,14+,15+,16+,17+,18-,19-,20-,21-,22-,23-,24-/m0/s1. The van der Waals surface area contributed by atoms with Crippen molar-refractivity contribution in [2.45, 2.75) is 130 Å². The van der Waals surface area contributed by atoms with Gasteiger partial charge in [-0.25, -0.2) is 0 Å². The zero-order valence-corrected chi connectivity index (χ0v) is 23.3. The van der Waals surface area contributed by atoms with Gasteiger partial charge in [0.15, 0.2) is 25.2 Å². The number of ether oxygens (including phenoxy) is 7. The minimum absolute atomic E-state index is 0.796.